The van der Waals surface area contributed by atoms with Crippen LogP contribution in [0.1, 0.15) is 32.6 Å². The van der Waals surface area contributed by atoms with Crippen molar-refractivity contribution in [3.05, 3.63) is 0 Å². The standard InChI is InChI=1S/C11H22N2O3S/c1-9(12-7-8-17(2,15)16)11(14)13-10-5-3-4-6-10/h9-10,12H,3-8H2,1-2H3,(H,13,14). The minimum absolute atomic E-state index is 0.0367. The third kappa shape index (κ3) is 6.02. The van der Waals surface area contributed by atoms with Crippen LogP contribution in [-0.2, 0) is 14.6 Å². The summed E-state index contributed by atoms with van der Waals surface area (Å²) in [5.41, 5.74) is 0. The van der Waals surface area contributed by atoms with Crippen molar-refractivity contribution >= 4 is 15.7 Å². The lowest BCUT2D eigenvalue weighted by molar-refractivity contribution is -0.123. The van der Waals surface area contributed by atoms with Crippen LogP contribution in [-0.4, -0.2) is 45.0 Å². The Labute approximate surface area is 103 Å². The Morgan fingerprint density at radius 2 is 1.94 bits per heavy atom. The van der Waals surface area contributed by atoms with Gasteiger partial charge in [0.05, 0.1) is 11.8 Å². The van der Waals surface area contributed by atoms with Gasteiger partial charge in [0.2, 0.25) is 5.91 Å². The fourth-order valence-corrected chi connectivity index (χ4v) is 2.44. The lowest BCUT2D eigenvalue weighted by Crippen LogP contribution is -2.46. The van der Waals surface area contributed by atoms with Crippen molar-refractivity contribution in [1.29, 1.82) is 0 Å². The molecule has 100 valence electrons. The zero-order valence-electron chi connectivity index (χ0n) is 10.5. The predicted molar refractivity (Wildman–Crippen MR) is 67.6 cm³/mol. The van der Waals surface area contributed by atoms with Gasteiger partial charge in [-0.25, -0.2) is 8.42 Å². The molecule has 0 aromatic carbocycles. The minimum Gasteiger partial charge on any atom is -0.352 e. The van der Waals surface area contributed by atoms with E-state index in [0.717, 1.165) is 12.8 Å². The van der Waals surface area contributed by atoms with Gasteiger partial charge in [-0.3, -0.25) is 4.79 Å². The van der Waals surface area contributed by atoms with E-state index in [2.05, 4.69) is 10.6 Å². The number of nitrogens with one attached hydrogen (secondary N) is 2. The Kier molecular flexibility index (Phi) is 5.39. The topological polar surface area (TPSA) is 75.3 Å². The van der Waals surface area contributed by atoms with Gasteiger partial charge in [-0.2, -0.15) is 0 Å². The van der Waals surface area contributed by atoms with Gasteiger partial charge in [0.15, 0.2) is 0 Å². The molecular formula is C11H22N2O3S. The average molecular weight is 262 g/mol. The third-order valence-corrected chi connectivity index (χ3v) is 3.96. The molecule has 0 saturated heterocycles. The summed E-state index contributed by atoms with van der Waals surface area (Å²) in [4.78, 5) is 11.7. The Morgan fingerprint density at radius 3 is 2.47 bits per heavy atom. The van der Waals surface area contributed by atoms with E-state index in [4.69, 9.17) is 0 Å². The van der Waals surface area contributed by atoms with Crippen LogP contribution in [0.25, 0.3) is 0 Å². The fraction of sp³-hybridized carbons (Fsp3) is 0.909. The van der Waals surface area contributed by atoms with Gasteiger partial charge in [-0.05, 0) is 19.8 Å². The van der Waals surface area contributed by atoms with E-state index in [1.54, 1.807) is 6.92 Å². The number of amides is 1. The van der Waals surface area contributed by atoms with Crippen LogP contribution in [0, 0.1) is 0 Å². The van der Waals surface area contributed by atoms with Crippen LogP contribution >= 0.6 is 0 Å². The third-order valence-electron chi connectivity index (χ3n) is 3.02. The van der Waals surface area contributed by atoms with E-state index in [1.165, 1.54) is 19.1 Å². The van der Waals surface area contributed by atoms with Crippen LogP contribution in [0.3, 0.4) is 0 Å². The average Bonchev–Trinajstić information content (AvgIpc) is 2.68. The maximum absolute atomic E-state index is 11.7. The molecule has 6 heteroatoms. The number of hydrogen-bond acceptors (Lipinski definition) is 4. The summed E-state index contributed by atoms with van der Waals surface area (Å²) in [5, 5.41) is 5.90. The molecule has 1 atom stereocenters. The second kappa shape index (κ2) is 6.35. The maximum Gasteiger partial charge on any atom is 0.237 e. The SMILES string of the molecule is CC(NCCS(C)(=O)=O)C(=O)NC1CCCC1. The van der Waals surface area contributed by atoms with Crippen molar-refractivity contribution in [3.8, 4) is 0 Å². The molecule has 1 amide bonds. The summed E-state index contributed by atoms with van der Waals surface area (Å²) in [6.45, 7) is 2.07. The molecule has 1 saturated carbocycles. The highest BCUT2D eigenvalue weighted by molar-refractivity contribution is 7.90. The number of carbonyl (C=O) groups is 1. The second-order valence-electron chi connectivity index (χ2n) is 4.80. The van der Waals surface area contributed by atoms with E-state index >= 15 is 0 Å². The first-order chi connectivity index (χ1) is 7.88. The lowest BCUT2D eigenvalue weighted by Gasteiger charge is -2.17. The van der Waals surface area contributed by atoms with E-state index in [0.29, 0.717) is 12.6 Å². The van der Waals surface area contributed by atoms with E-state index in [-0.39, 0.29) is 17.7 Å². The number of rotatable bonds is 6. The van der Waals surface area contributed by atoms with Gasteiger partial charge in [0.1, 0.15) is 9.84 Å². The summed E-state index contributed by atoms with van der Waals surface area (Å²) in [5.74, 6) is 0.0269. The van der Waals surface area contributed by atoms with Crippen molar-refractivity contribution in [1.82, 2.24) is 10.6 Å². The monoisotopic (exact) mass is 262 g/mol. The molecular weight excluding hydrogens is 240 g/mol. The van der Waals surface area contributed by atoms with Crippen LogP contribution in [0.15, 0.2) is 0 Å². The molecule has 1 rings (SSSR count). The summed E-state index contributed by atoms with van der Waals surface area (Å²) >= 11 is 0. The highest BCUT2D eigenvalue weighted by Gasteiger charge is 2.20. The van der Waals surface area contributed by atoms with Gasteiger partial charge in [-0.15, -0.1) is 0 Å². The summed E-state index contributed by atoms with van der Waals surface area (Å²) < 4.78 is 21.8. The largest absolute Gasteiger partial charge is 0.352 e. The van der Waals surface area contributed by atoms with Crippen molar-refractivity contribution in [3.63, 3.8) is 0 Å². The normalized spacial score (nSPS) is 19.2. The molecule has 0 bridgehead atoms. The first-order valence-corrected chi connectivity index (χ1v) is 8.16. The first-order valence-electron chi connectivity index (χ1n) is 6.10. The van der Waals surface area contributed by atoms with Crippen molar-refractivity contribution in [2.24, 2.45) is 0 Å². The molecule has 0 spiro atoms. The Balaban J connectivity index is 2.22. The van der Waals surface area contributed by atoms with Gasteiger partial charge in [-0.1, -0.05) is 12.8 Å². The van der Waals surface area contributed by atoms with Crippen molar-refractivity contribution in [2.45, 2.75) is 44.7 Å². The summed E-state index contributed by atoms with van der Waals surface area (Å²) in [6, 6.07) is -0.0287. The quantitative estimate of drug-likeness (QED) is 0.710. The van der Waals surface area contributed by atoms with E-state index in [1.807, 2.05) is 0 Å². The van der Waals surface area contributed by atoms with Crippen molar-refractivity contribution in [2.75, 3.05) is 18.6 Å². The summed E-state index contributed by atoms with van der Waals surface area (Å²) in [6.07, 6.45) is 5.67. The molecule has 0 aromatic heterocycles. The summed E-state index contributed by atoms with van der Waals surface area (Å²) in [7, 11) is -2.96. The van der Waals surface area contributed by atoms with Crippen LogP contribution in [0.5, 0.6) is 0 Å². The molecule has 5 nitrogen and oxygen atoms in total. The predicted octanol–water partition coefficient (Wildman–Crippen LogP) is 0.0679. The fourth-order valence-electron chi connectivity index (χ4n) is 1.95. The molecule has 1 fully saturated rings. The zero-order valence-corrected chi connectivity index (χ0v) is 11.3. The highest BCUT2D eigenvalue weighted by atomic mass is 32.2. The molecule has 17 heavy (non-hydrogen) atoms. The van der Waals surface area contributed by atoms with Gasteiger partial charge >= 0.3 is 0 Å². The molecule has 0 radical (unpaired) electrons. The molecule has 1 aliphatic rings. The van der Waals surface area contributed by atoms with Gasteiger partial charge in [0, 0.05) is 18.8 Å². The van der Waals surface area contributed by atoms with Gasteiger partial charge in [0.25, 0.3) is 0 Å². The Bertz CT molecular complexity index is 348. The van der Waals surface area contributed by atoms with Gasteiger partial charge < -0.3 is 10.6 Å². The zero-order chi connectivity index (χ0) is 12.9. The second-order valence-corrected chi connectivity index (χ2v) is 7.06. The van der Waals surface area contributed by atoms with Crippen LogP contribution in [0.4, 0.5) is 0 Å². The lowest BCUT2D eigenvalue weighted by atomic mass is 10.2. The number of sulfone groups is 1. The first kappa shape index (κ1) is 14.4. The molecule has 1 aliphatic carbocycles. The van der Waals surface area contributed by atoms with E-state index in [9.17, 15) is 13.2 Å². The molecule has 2 N–H and O–H groups in total. The number of hydrogen-bond donors (Lipinski definition) is 2. The number of carbonyl (C=O) groups excluding carboxylic acids is 1. The molecule has 1 unspecified atom stereocenters. The smallest absolute Gasteiger partial charge is 0.237 e. The Hall–Kier alpha value is -0.620. The minimum atomic E-state index is -2.96. The molecule has 0 aromatic rings. The van der Waals surface area contributed by atoms with Crippen LogP contribution in [0.2, 0.25) is 0 Å². The highest BCUT2D eigenvalue weighted by Crippen LogP contribution is 2.17. The van der Waals surface area contributed by atoms with Crippen LogP contribution < -0.4 is 10.6 Å². The maximum atomic E-state index is 11.7. The van der Waals surface area contributed by atoms with E-state index < -0.39 is 9.84 Å². The van der Waals surface area contributed by atoms with Crippen molar-refractivity contribution < 1.29 is 13.2 Å². The molecule has 0 aliphatic heterocycles. The Morgan fingerprint density at radius 1 is 1.35 bits per heavy atom. The molecule has 0 heterocycles.